The summed E-state index contributed by atoms with van der Waals surface area (Å²) in [6.45, 7) is 6.97. The summed E-state index contributed by atoms with van der Waals surface area (Å²) in [5.41, 5.74) is 1.96. The van der Waals surface area contributed by atoms with Crippen LogP contribution in [-0.4, -0.2) is 24.2 Å². The Kier molecular flexibility index (Phi) is 7.13. The van der Waals surface area contributed by atoms with E-state index >= 15 is 0 Å². The van der Waals surface area contributed by atoms with E-state index in [4.69, 9.17) is 4.74 Å². The molecule has 1 aliphatic carbocycles. The van der Waals surface area contributed by atoms with E-state index in [1.807, 2.05) is 31.2 Å². The molecule has 2 aromatic rings. The summed E-state index contributed by atoms with van der Waals surface area (Å²) in [5, 5.41) is 15.0. The lowest BCUT2D eigenvalue weighted by Gasteiger charge is -2.20. The molecule has 1 aromatic heterocycles. The number of benzene rings is 1. The Morgan fingerprint density at radius 2 is 2.21 bits per heavy atom. The van der Waals surface area contributed by atoms with E-state index in [9.17, 15) is 9.90 Å². The van der Waals surface area contributed by atoms with Gasteiger partial charge in [-0.3, -0.25) is 4.79 Å². The first-order valence-corrected chi connectivity index (χ1v) is 11.1. The van der Waals surface area contributed by atoms with E-state index in [1.165, 1.54) is 4.88 Å². The molecule has 1 fully saturated rings. The minimum Gasteiger partial charge on any atom is -0.493 e. The SMILES string of the molecule is CCCC(C)COc1ccc([C@H](CO)NC(=O)[C@H]2C[C@@H]2c2cccs2)c(C)c1. The third-order valence-electron chi connectivity index (χ3n) is 5.47. The molecular weight excluding hydrogens is 370 g/mol. The maximum absolute atomic E-state index is 12.6. The largest absolute Gasteiger partial charge is 0.493 e. The minimum absolute atomic E-state index is 0.0238. The second kappa shape index (κ2) is 9.57. The Morgan fingerprint density at radius 3 is 2.86 bits per heavy atom. The molecule has 28 heavy (non-hydrogen) atoms. The van der Waals surface area contributed by atoms with Gasteiger partial charge in [0, 0.05) is 16.7 Å². The third kappa shape index (κ3) is 5.15. The van der Waals surface area contributed by atoms with Crippen molar-refractivity contribution >= 4 is 17.2 Å². The summed E-state index contributed by atoms with van der Waals surface area (Å²) < 4.78 is 5.91. The molecule has 3 rings (SSSR count). The van der Waals surface area contributed by atoms with Gasteiger partial charge in [0.05, 0.1) is 19.3 Å². The Hall–Kier alpha value is -1.85. The minimum atomic E-state index is -0.384. The van der Waals surface area contributed by atoms with Crippen molar-refractivity contribution in [3.63, 3.8) is 0 Å². The number of thiophene rings is 1. The van der Waals surface area contributed by atoms with E-state index in [0.29, 0.717) is 18.4 Å². The number of hydrogen-bond donors (Lipinski definition) is 2. The zero-order valence-electron chi connectivity index (χ0n) is 17.0. The van der Waals surface area contributed by atoms with Crippen LogP contribution in [0.5, 0.6) is 5.75 Å². The lowest BCUT2D eigenvalue weighted by molar-refractivity contribution is -0.123. The quantitative estimate of drug-likeness (QED) is 0.600. The predicted molar refractivity (Wildman–Crippen MR) is 114 cm³/mol. The molecule has 1 aliphatic rings. The summed E-state index contributed by atoms with van der Waals surface area (Å²) in [4.78, 5) is 13.9. The van der Waals surface area contributed by atoms with E-state index in [-0.39, 0.29) is 24.5 Å². The van der Waals surface area contributed by atoms with Gasteiger partial charge in [-0.25, -0.2) is 0 Å². The highest BCUT2D eigenvalue weighted by Crippen LogP contribution is 2.49. The molecule has 1 aromatic carbocycles. The van der Waals surface area contributed by atoms with Crippen LogP contribution >= 0.6 is 11.3 Å². The average Bonchev–Trinajstić information content (AvgIpc) is 3.30. The van der Waals surface area contributed by atoms with Crippen molar-refractivity contribution in [3.8, 4) is 5.75 Å². The molecule has 0 saturated heterocycles. The van der Waals surface area contributed by atoms with Crippen molar-refractivity contribution in [2.75, 3.05) is 13.2 Å². The number of carbonyl (C=O) groups is 1. The van der Waals surface area contributed by atoms with E-state index in [2.05, 4.69) is 30.6 Å². The molecule has 4 nitrogen and oxygen atoms in total. The molecule has 0 spiro atoms. The van der Waals surface area contributed by atoms with Crippen LogP contribution in [0.15, 0.2) is 35.7 Å². The van der Waals surface area contributed by atoms with Crippen LogP contribution in [0.3, 0.4) is 0 Å². The zero-order valence-corrected chi connectivity index (χ0v) is 17.8. The summed E-state index contributed by atoms with van der Waals surface area (Å²) in [7, 11) is 0. The Labute approximate surface area is 171 Å². The number of hydrogen-bond acceptors (Lipinski definition) is 4. The van der Waals surface area contributed by atoms with Crippen LogP contribution in [0.25, 0.3) is 0 Å². The molecule has 0 bridgehead atoms. The number of aryl methyl sites for hydroxylation is 1. The average molecular weight is 402 g/mol. The maximum Gasteiger partial charge on any atom is 0.224 e. The lowest BCUT2D eigenvalue weighted by atomic mass is 10.0. The Bertz CT molecular complexity index is 774. The van der Waals surface area contributed by atoms with Gasteiger partial charge in [-0.05, 0) is 60.4 Å². The van der Waals surface area contributed by atoms with Gasteiger partial charge in [-0.15, -0.1) is 11.3 Å². The van der Waals surface area contributed by atoms with Gasteiger partial charge < -0.3 is 15.2 Å². The normalized spacial score (nSPS) is 20.4. The van der Waals surface area contributed by atoms with Crippen LogP contribution in [0.2, 0.25) is 0 Å². The maximum atomic E-state index is 12.6. The monoisotopic (exact) mass is 401 g/mol. The summed E-state index contributed by atoms with van der Waals surface area (Å²) >= 11 is 1.71. The van der Waals surface area contributed by atoms with Crippen LogP contribution in [0.4, 0.5) is 0 Å². The van der Waals surface area contributed by atoms with Crippen molar-refractivity contribution in [1.29, 1.82) is 0 Å². The Balaban J connectivity index is 1.58. The fraction of sp³-hybridized carbons (Fsp3) is 0.522. The third-order valence-corrected chi connectivity index (χ3v) is 6.47. The van der Waals surface area contributed by atoms with Gasteiger partial charge in [-0.1, -0.05) is 32.4 Å². The van der Waals surface area contributed by atoms with E-state index in [0.717, 1.165) is 36.1 Å². The number of amides is 1. The standard InChI is InChI=1S/C23H31NO3S/c1-4-6-15(2)14-27-17-8-9-18(16(3)11-17)21(13-25)24-23(26)20-12-19(20)22-7-5-10-28-22/h5,7-11,15,19-21,25H,4,6,12-14H2,1-3H3,(H,24,26)/t15?,19-,20-,21-/m0/s1. The predicted octanol–water partition coefficient (Wildman–Crippen LogP) is 4.82. The molecule has 1 amide bonds. The van der Waals surface area contributed by atoms with Gasteiger partial charge in [0.15, 0.2) is 0 Å². The van der Waals surface area contributed by atoms with Gasteiger partial charge >= 0.3 is 0 Å². The van der Waals surface area contributed by atoms with Crippen molar-refractivity contribution in [2.24, 2.45) is 11.8 Å². The molecule has 2 N–H and O–H groups in total. The molecule has 0 aliphatic heterocycles. The van der Waals surface area contributed by atoms with Crippen molar-refractivity contribution in [1.82, 2.24) is 5.32 Å². The van der Waals surface area contributed by atoms with Crippen LogP contribution in [0.1, 0.15) is 61.1 Å². The molecule has 1 heterocycles. The first-order chi connectivity index (χ1) is 13.5. The van der Waals surface area contributed by atoms with Crippen molar-refractivity contribution in [2.45, 2.75) is 52.0 Å². The topological polar surface area (TPSA) is 58.6 Å². The number of ether oxygens (including phenoxy) is 1. The second-order valence-corrected chi connectivity index (χ2v) is 8.91. The smallest absolute Gasteiger partial charge is 0.224 e. The number of carbonyl (C=O) groups excluding carboxylic acids is 1. The van der Waals surface area contributed by atoms with Crippen molar-refractivity contribution in [3.05, 3.63) is 51.7 Å². The van der Waals surface area contributed by atoms with Gasteiger partial charge in [0.2, 0.25) is 5.91 Å². The molecular formula is C23H31NO3S. The number of nitrogens with one attached hydrogen (secondary N) is 1. The molecule has 5 heteroatoms. The van der Waals surface area contributed by atoms with E-state index < -0.39 is 0 Å². The first kappa shape index (κ1) is 20.9. The van der Waals surface area contributed by atoms with Gasteiger partial charge in [-0.2, -0.15) is 0 Å². The fourth-order valence-corrected chi connectivity index (χ4v) is 4.65. The fourth-order valence-electron chi connectivity index (χ4n) is 3.75. The molecule has 1 unspecified atom stereocenters. The summed E-state index contributed by atoms with van der Waals surface area (Å²) in [5.74, 6) is 1.76. The van der Waals surface area contributed by atoms with Gasteiger partial charge in [0.25, 0.3) is 0 Å². The van der Waals surface area contributed by atoms with Gasteiger partial charge in [0.1, 0.15) is 5.75 Å². The Morgan fingerprint density at radius 1 is 1.39 bits per heavy atom. The van der Waals surface area contributed by atoms with Crippen molar-refractivity contribution < 1.29 is 14.6 Å². The first-order valence-electron chi connectivity index (χ1n) is 10.2. The van der Waals surface area contributed by atoms with Crippen LogP contribution < -0.4 is 10.1 Å². The van der Waals surface area contributed by atoms with E-state index in [1.54, 1.807) is 11.3 Å². The second-order valence-electron chi connectivity index (χ2n) is 7.93. The molecule has 152 valence electrons. The van der Waals surface area contributed by atoms with Crippen LogP contribution in [-0.2, 0) is 4.79 Å². The summed E-state index contributed by atoms with van der Waals surface area (Å²) in [6.07, 6.45) is 3.21. The highest BCUT2D eigenvalue weighted by atomic mass is 32.1. The molecule has 4 atom stereocenters. The molecule has 0 radical (unpaired) electrons. The zero-order chi connectivity index (χ0) is 20.1. The number of rotatable bonds is 10. The number of aliphatic hydroxyl groups is 1. The lowest BCUT2D eigenvalue weighted by Crippen LogP contribution is -2.32. The highest BCUT2D eigenvalue weighted by Gasteiger charge is 2.45. The van der Waals surface area contributed by atoms with Crippen LogP contribution in [0, 0.1) is 18.8 Å². The highest BCUT2D eigenvalue weighted by molar-refractivity contribution is 7.10. The molecule has 1 saturated carbocycles. The number of aliphatic hydroxyl groups excluding tert-OH is 1. The summed E-state index contributed by atoms with van der Waals surface area (Å²) in [6, 6.07) is 9.62.